The predicted octanol–water partition coefficient (Wildman–Crippen LogP) is 5.57. The molecule has 1 aromatic rings. The molecule has 136 valence electrons. The maximum absolute atomic E-state index is 12.4. The van der Waals surface area contributed by atoms with Crippen LogP contribution < -0.4 is 9.47 Å². The van der Waals surface area contributed by atoms with Crippen LogP contribution >= 0.6 is 0 Å². The molecule has 0 heterocycles. The lowest BCUT2D eigenvalue weighted by Crippen LogP contribution is -2.22. The first kappa shape index (κ1) is 20.3. The van der Waals surface area contributed by atoms with Gasteiger partial charge in [0.05, 0.1) is 13.7 Å². The molecule has 1 rings (SSSR count). The number of ether oxygens (including phenoxy) is 2. The second-order valence-electron chi connectivity index (χ2n) is 5.66. The highest BCUT2D eigenvalue weighted by atomic mass is 19.4. The largest absolute Gasteiger partial charge is 0.493 e. The molecule has 0 amide bonds. The molecule has 0 bridgehead atoms. The summed E-state index contributed by atoms with van der Waals surface area (Å²) in [6.07, 6.45) is 3.12. The average molecular weight is 346 g/mol. The number of Topliss-reactive ketones (excluding diaryl/α,β-unsaturated/α-hetero) is 1. The molecule has 6 heteroatoms. The number of carbonyl (C=O) groups excluding carboxylic acids is 1. The van der Waals surface area contributed by atoms with E-state index in [-0.39, 0.29) is 5.75 Å². The van der Waals surface area contributed by atoms with Crippen molar-refractivity contribution in [3.8, 4) is 11.5 Å². The molecule has 0 saturated heterocycles. The van der Waals surface area contributed by atoms with Crippen LogP contribution in [0.4, 0.5) is 13.2 Å². The van der Waals surface area contributed by atoms with Crippen LogP contribution in [0, 0.1) is 0 Å². The second kappa shape index (κ2) is 10.2. The minimum atomic E-state index is -4.90. The summed E-state index contributed by atoms with van der Waals surface area (Å²) in [5, 5.41) is 0. The minimum Gasteiger partial charge on any atom is -0.493 e. The Balaban J connectivity index is 2.47. The van der Waals surface area contributed by atoms with Crippen LogP contribution in [-0.4, -0.2) is 25.7 Å². The Bertz CT molecular complexity index is 513. The van der Waals surface area contributed by atoms with Crippen molar-refractivity contribution in [3.05, 3.63) is 23.8 Å². The van der Waals surface area contributed by atoms with Gasteiger partial charge < -0.3 is 9.47 Å². The summed E-state index contributed by atoms with van der Waals surface area (Å²) in [5.74, 6) is -1.41. The van der Waals surface area contributed by atoms with E-state index in [1.54, 1.807) is 0 Å². The number of carbonyl (C=O) groups is 1. The van der Waals surface area contributed by atoms with Gasteiger partial charge in [-0.05, 0) is 24.6 Å². The summed E-state index contributed by atoms with van der Waals surface area (Å²) >= 11 is 0. The van der Waals surface area contributed by atoms with Gasteiger partial charge in [0.25, 0.3) is 5.78 Å². The van der Waals surface area contributed by atoms with Gasteiger partial charge in [0.1, 0.15) is 0 Å². The molecule has 0 radical (unpaired) electrons. The number of halogens is 3. The molecule has 24 heavy (non-hydrogen) atoms. The first-order valence-electron chi connectivity index (χ1n) is 8.32. The van der Waals surface area contributed by atoms with E-state index in [9.17, 15) is 18.0 Å². The number of hydrogen-bond donors (Lipinski definition) is 0. The molecular formula is C18H25F3O3. The molecule has 0 saturated carbocycles. The Kier molecular flexibility index (Phi) is 8.65. The molecule has 0 unspecified atom stereocenters. The van der Waals surface area contributed by atoms with Gasteiger partial charge in [-0.2, -0.15) is 13.2 Å². The Hall–Kier alpha value is -1.72. The summed E-state index contributed by atoms with van der Waals surface area (Å²) in [4.78, 5) is 11.2. The van der Waals surface area contributed by atoms with Crippen LogP contribution in [0.15, 0.2) is 18.2 Å². The molecule has 3 nitrogen and oxygen atoms in total. The Labute approximate surface area is 141 Å². The van der Waals surface area contributed by atoms with E-state index in [0.29, 0.717) is 12.4 Å². The van der Waals surface area contributed by atoms with Crippen LogP contribution in [0.2, 0.25) is 0 Å². The number of rotatable bonds is 11. The number of benzene rings is 1. The fraction of sp³-hybridized carbons (Fsp3) is 0.611. The van der Waals surface area contributed by atoms with Crippen molar-refractivity contribution in [2.24, 2.45) is 0 Å². The molecule has 0 aromatic heterocycles. The second-order valence-corrected chi connectivity index (χ2v) is 5.66. The summed E-state index contributed by atoms with van der Waals surface area (Å²) in [6, 6.07) is 3.52. The molecule has 0 aliphatic heterocycles. The highest BCUT2D eigenvalue weighted by Crippen LogP contribution is 2.31. The average Bonchev–Trinajstić information content (AvgIpc) is 2.55. The van der Waals surface area contributed by atoms with E-state index in [1.165, 1.54) is 38.9 Å². The summed E-state index contributed by atoms with van der Waals surface area (Å²) in [6.45, 7) is 2.64. The number of alkyl halides is 3. The maximum Gasteiger partial charge on any atom is 0.454 e. The van der Waals surface area contributed by atoms with E-state index in [2.05, 4.69) is 6.92 Å². The fourth-order valence-corrected chi connectivity index (χ4v) is 2.33. The van der Waals surface area contributed by atoms with Crippen molar-refractivity contribution in [3.63, 3.8) is 0 Å². The highest BCUT2D eigenvalue weighted by molar-refractivity contribution is 6.00. The van der Waals surface area contributed by atoms with Gasteiger partial charge in [0, 0.05) is 5.56 Å². The lowest BCUT2D eigenvalue weighted by atomic mass is 10.1. The van der Waals surface area contributed by atoms with Gasteiger partial charge in [-0.25, -0.2) is 0 Å². The van der Waals surface area contributed by atoms with Crippen molar-refractivity contribution >= 4 is 5.78 Å². The number of methoxy groups -OCH3 is 1. The Morgan fingerprint density at radius 3 is 2.21 bits per heavy atom. The Morgan fingerprint density at radius 1 is 1.00 bits per heavy atom. The van der Waals surface area contributed by atoms with Gasteiger partial charge in [0.2, 0.25) is 0 Å². The van der Waals surface area contributed by atoms with Crippen molar-refractivity contribution in [2.75, 3.05) is 13.7 Å². The summed E-state index contributed by atoms with van der Waals surface area (Å²) in [7, 11) is 1.33. The number of unbranched alkanes of at least 4 members (excludes halogenated alkanes) is 6. The zero-order valence-corrected chi connectivity index (χ0v) is 14.2. The van der Waals surface area contributed by atoms with Crippen LogP contribution in [0.5, 0.6) is 11.5 Å². The van der Waals surface area contributed by atoms with E-state index in [1.807, 2.05) is 0 Å². The van der Waals surface area contributed by atoms with Gasteiger partial charge in [-0.15, -0.1) is 0 Å². The third-order valence-electron chi connectivity index (χ3n) is 3.69. The van der Waals surface area contributed by atoms with Gasteiger partial charge in [-0.1, -0.05) is 45.4 Å². The van der Waals surface area contributed by atoms with Crippen LogP contribution in [0.1, 0.15) is 62.2 Å². The monoisotopic (exact) mass is 346 g/mol. The molecular weight excluding hydrogens is 321 g/mol. The predicted molar refractivity (Wildman–Crippen MR) is 86.9 cm³/mol. The quantitative estimate of drug-likeness (QED) is 0.388. The zero-order valence-electron chi connectivity index (χ0n) is 14.2. The first-order chi connectivity index (χ1) is 11.4. The zero-order chi connectivity index (χ0) is 18.0. The standard InChI is InChI=1S/C18H25F3O3/c1-3-4-5-6-7-8-9-12-24-15-11-10-14(13-16(15)23-2)17(22)18(19,20)21/h10-11,13H,3-9,12H2,1-2H3. The van der Waals surface area contributed by atoms with Gasteiger partial charge >= 0.3 is 6.18 Å². The number of hydrogen-bond acceptors (Lipinski definition) is 3. The van der Waals surface area contributed by atoms with E-state index >= 15 is 0 Å². The van der Waals surface area contributed by atoms with Crippen LogP contribution in [-0.2, 0) is 0 Å². The summed E-state index contributed by atoms with van der Waals surface area (Å²) < 4.78 is 47.9. The van der Waals surface area contributed by atoms with Crippen molar-refractivity contribution in [2.45, 2.75) is 58.0 Å². The first-order valence-corrected chi connectivity index (χ1v) is 8.32. The third-order valence-corrected chi connectivity index (χ3v) is 3.69. The normalized spacial score (nSPS) is 11.4. The molecule has 0 spiro atoms. The third kappa shape index (κ3) is 6.81. The SMILES string of the molecule is CCCCCCCCCOc1ccc(C(=O)C(F)(F)F)cc1OC. The van der Waals surface area contributed by atoms with Gasteiger partial charge in [0.15, 0.2) is 11.5 Å². The van der Waals surface area contributed by atoms with E-state index < -0.39 is 17.5 Å². The molecule has 0 N–H and O–H groups in total. The maximum atomic E-state index is 12.4. The molecule has 0 aliphatic carbocycles. The van der Waals surface area contributed by atoms with Crippen molar-refractivity contribution < 1.29 is 27.4 Å². The van der Waals surface area contributed by atoms with E-state index in [0.717, 1.165) is 31.4 Å². The van der Waals surface area contributed by atoms with Crippen molar-refractivity contribution in [1.82, 2.24) is 0 Å². The van der Waals surface area contributed by atoms with Gasteiger partial charge in [-0.3, -0.25) is 4.79 Å². The molecule has 0 atom stereocenters. The molecule has 0 aliphatic rings. The van der Waals surface area contributed by atoms with Crippen LogP contribution in [0.25, 0.3) is 0 Å². The summed E-state index contributed by atoms with van der Waals surface area (Å²) in [5.41, 5.74) is -0.456. The van der Waals surface area contributed by atoms with Crippen molar-refractivity contribution in [1.29, 1.82) is 0 Å². The molecule has 0 fully saturated rings. The molecule has 1 aromatic carbocycles. The minimum absolute atomic E-state index is 0.132. The van der Waals surface area contributed by atoms with E-state index in [4.69, 9.17) is 9.47 Å². The topological polar surface area (TPSA) is 35.5 Å². The number of ketones is 1. The highest BCUT2D eigenvalue weighted by Gasteiger charge is 2.39. The Morgan fingerprint density at radius 2 is 1.62 bits per heavy atom. The lowest BCUT2D eigenvalue weighted by molar-refractivity contribution is -0.0885. The van der Waals surface area contributed by atoms with Crippen LogP contribution in [0.3, 0.4) is 0 Å². The smallest absolute Gasteiger partial charge is 0.454 e. The fourth-order valence-electron chi connectivity index (χ4n) is 2.33. The lowest BCUT2D eigenvalue weighted by Gasteiger charge is -2.12.